The second kappa shape index (κ2) is 9.41. The number of aryl methyl sites for hydroxylation is 1. The van der Waals surface area contributed by atoms with E-state index in [1.807, 2.05) is 31.2 Å². The maximum absolute atomic E-state index is 12.5. The number of anilines is 1. The average Bonchev–Trinajstić information content (AvgIpc) is 3.25. The molecule has 0 saturated carbocycles. The predicted molar refractivity (Wildman–Crippen MR) is 106 cm³/mol. The molecule has 2 aromatic carbocycles. The van der Waals surface area contributed by atoms with Crippen LogP contribution in [0.25, 0.3) is 0 Å². The number of para-hydroxylation sites is 2. The molecule has 0 unspecified atom stereocenters. The molecule has 2 amide bonds. The molecule has 3 rings (SSSR count). The molecule has 144 valence electrons. The van der Waals surface area contributed by atoms with Crippen LogP contribution in [0.2, 0.25) is 0 Å². The molecule has 0 atom stereocenters. The monoisotopic (exact) mass is 378 g/mol. The molecular weight excluding hydrogens is 356 g/mol. The van der Waals surface area contributed by atoms with Gasteiger partial charge in [0, 0.05) is 0 Å². The van der Waals surface area contributed by atoms with Crippen LogP contribution in [0.5, 0.6) is 5.75 Å². The van der Waals surface area contributed by atoms with E-state index in [4.69, 9.17) is 9.15 Å². The molecule has 0 saturated heterocycles. The molecule has 6 nitrogen and oxygen atoms in total. The highest BCUT2D eigenvalue weighted by molar-refractivity contribution is 6.04. The van der Waals surface area contributed by atoms with Crippen molar-refractivity contribution in [2.24, 2.45) is 0 Å². The van der Waals surface area contributed by atoms with Crippen molar-refractivity contribution in [3.63, 3.8) is 0 Å². The molecule has 0 aliphatic carbocycles. The number of amides is 2. The van der Waals surface area contributed by atoms with E-state index in [1.54, 1.807) is 42.7 Å². The molecule has 0 radical (unpaired) electrons. The number of hydrogen-bond acceptors (Lipinski definition) is 4. The van der Waals surface area contributed by atoms with Crippen LogP contribution >= 0.6 is 0 Å². The lowest BCUT2D eigenvalue weighted by Crippen LogP contribution is -2.26. The zero-order valence-electron chi connectivity index (χ0n) is 15.6. The molecule has 3 aromatic rings. The van der Waals surface area contributed by atoms with E-state index in [2.05, 4.69) is 10.6 Å². The molecule has 28 heavy (non-hydrogen) atoms. The first-order valence-corrected chi connectivity index (χ1v) is 9.07. The largest absolute Gasteiger partial charge is 0.483 e. The lowest BCUT2D eigenvalue weighted by Gasteiger charge is -2.13. The van der Waals surface area contributed by atoms with Gasteiger partial charge in [0.05, 0.1) is 24.1 Å². The van der Waals surface area contributed by atoms with Gasteiger partial charge in [-0.05, 0) is 42.3 Å². The molecule has 2 N–H and O–H groups in total. The first-order chi connectivity index (χ1) is 13.7. The quantitative estimate of drug-likeness (QED) is 0.625. The number of nitrogens with one attached hydrogen (secondary N) is 2. The van der Waals surface area contributed by atoms with Crippen molar-refractivity contribution >= 4 is 17.5 Å². The Hall–Kier alpha value is -3.54. The van der Waals surface area contributed by atoms with Crippen molar-refractivity contribution in [2.75, 3.05) is 11.9 Å². The maximum Gasteiger partial charge on any atom is 0.262 e. The molecule has 0 aliphatic rings. The first kappa shape index (κ1) is 19.2. The highest BCUT2D eigenvalue weighted by Gasteiger charge is 2.14. The van der Waals surface area contributed by atoms with Gasteiger partial charge in [0.2, 0.25) is 0 Å². The number of hydrogen-bond donors (Lipinski definition) is 2. The second-order valence-electron chi connectivity index (χ2n) is 6.11. The highest BCUT2D eigenvalue weighted by Crippen LogP contribution is 2.19. The zero-order valence-corrected chi connectivity index (χ0v) is 15.6. The highest BCUT2D eigenvalue weighted by atomic mass is 16.5. The van der Waals surface area contributed by atoms with E-state index in [-0.39, 0.29) is 25.0 Å². The van der Waals surface area contributed by atoms with E-state index >= 15 is 0 Å². The summed E-state index contributed by atoms with van der Waals surface area (Å²) < 4.78 is 10.8. The van der Waals surface area contributed by atoms with Gasteiger partial charge in [-0.15, -0.1) is 0 Å². The maximum atomic E-state index is 12.5. The summed E-state index contributed by atoms with van der Waals surface area (Å²) in [5.74, 6) is 0.698. The van der Waals surface area contributed by atoms with E-state index in [0.717, 1.165) is 12.0 Å². The van der Waals surface area contributed by atoms with Crippen molar-refractivity contribution in [3.05, 3.63) is 83.8 Å². The Kier molecular flexibility index (Phi) is 6.46. The summed E-state index contributed by atoms with van der Waals surface area (Å²) in [5.41, 5.74) is 1.83. The van der Waals surface area contributed by atoms with Crippen LogP contribution in [-0.4, -0.2) is 18.4 Å². The fourth-order valence-electron chi connectivity index (χ4n) is 2.73. The summed E-state index contributed by atoms with van der Waals surface area (Å²) >= 11 is 0. The third-order valence-corrected chi connectivity index (χ3v) is 4.16. The fourth-order valence-corrected chi connectivity index (χ4v) is 2.73. The summed E-state index contributed by atoms with van der Waals surface area (Å²) in [6.45, 7) is 2.16. The van der Waals surface area contributed by atoms with E-state index < -0.39 is 0 Å². The van der Waals surface area contributed by atoms with Gasteiger partial charge in [0.1, 0.15) is 11.5 Å². The number of rotatable bonds is 8. The minimum Gasteiger partial charge on any atom is -0.483 e. The van der Waals surface area contributed by atoms with Gasteiger partial charge in [-0.25, -0.2) is 0 Å². The summed E-state index contributed by atoms with van der Waals surface area (Å²) in [5, 5.41) is 5.52. The van der Waals surface area contributed by atoms with Gasteiger partial charge in [-0.2, -0.15) is 0 Å². The summed E-state index contributed by atoms with van der Waals surface area (Å²) in [7, 11) is 0. The zero-order chi connectivity index (χ0) is 19.8. The van der Waals surface area contributed by atoms with E-state index in [9.17, 15) is 9.59 Å². The van der Waals surface area contributed by atoms with Gasteiger partial charge in [-0.3, -0.25) is 9.59 Å². The van der Waals surface area contributed by atoms with Crippen LogP contribution in [0.4, 0.5) is 5.69 Å². The number of benzene rings is 2. The lowest BCUT2D eigenvalue weighted by molar-refractivity contribution is -0.118. The number of furan rings is 1. The molecule has 0 fully saturated rings. The Bertz CT molecular complexity index is 935. The predicted octanol–water partition coefficient (Wildman–Crippen LogP) is 3.79. The van der Waals surface area contributed by atoms with Crippen LogP contribution in [0.3, 0.4) is 0 Å². The van der Waals surface area contributed by atoms with Gasteiger partial charge < -0.3 is 19.8 Å². The number of carbonyl (C=O) groups is 2. The summed E-state index contributed by atoms with van der Waals surface area (Å²) in [6, 6.07) is 18.0. The van der Waals surface area contributed by atoms with Crippen LogP contribution < -0.4 is 15.4 Å². The smallest absolute Gasteiger partial charge is 0.262 e. The topological polar surface area (TPSA) is 80.6 Å². The van der Waals surface area contributed by atoms with Crippen molar-refractivity contribution in [1.82, 2.24) is 5.32 Å². The molecule has 0 spiro atoms. The molecular formula is C22H22N2O4. The molecule has 0 aliphatic heterocycles. The molecule has 0 bridgehead atoms. The Morgan fingerprint density at radius 2 is 1.79 bits per heavy atom. The van der Waals surface area contributed by atoms with Crippen LogP contribution in [0, 0.1) is 0 Å². The van der Waals surface area contributed by atoms with Gasteiger partial charge >= 0.3 is 0 Å². The van der Waals surface area contributed by atoms with Crippen LogP contribution in [-0.2, 0) is 17.8 Å². The molecule has 6 heteroatoms. The summed E-state index contributed by atoms with van der Waals surface area (Å²) in [6.07, 6.45) is 2.36. The normalized spacial score (nSPS) is 10.3. The van der Waals surface area contributed by atoms with Crippen molar-refractivity contribution in [3.8, 4) is 5.75 Å². The first-order valence-electron chi connectivity index (χ1n) is 9.07. The minimum atomic E-state index is -0.336. The second-order valence-corrected chi connectivity index (χ2v) is 6.11. The summed E-state index contributed by atoms with van der Waals surface area (Å²) in [4.78, 5) is 24.8. The molecule has 1 heterocycles. The van der Waals surface area contributed by atoms with Gasteiger partial charge in [-0.1, -0.05) is 37.3 Å². The Labute approximate surface area is 163 Å². The van der Waals surface area contributed by atoms with E-state index in [0.29, 0.717) is 22.8 Å². The molecule has 1 aromatic heterocycles. The third-order valence-electron chi connectivity index (χ3n) is 4.16. The number of ether oxygens (including phenoxy) is 1. The van der Waals surface area contributed by atoms with Crippen LogP contribution in [0.15, 0.2) is 71.3 Å². The lowest BCUT2D eigenvalue weighted by atomic mass is 10.1. The Morgan fingerprint density at radius 3 is 2.57 bits per heavy atom. The van der Waals surface area contributed by atoms with Gasteiger partial charge in [0.15, 0.2) is 6.61 Å². The average molecular weight is 378 g/mol. The third kappa shape index (κ3) is 5.01. The minimum absolute atomic E-state index is 0.140. The SMILES string of the molecule is CCc1ccccc1OCC(=O)Nc1ccccc1C(=O)NCc1ccco1. The van der Waals surface area contributed by atoms with Crippen LogP contribution in [0.1, 0.15) is 28.6 Å². The van der Waals surface area contributed by atoms with Gasteiger partial charge in [0.25, 0.3) is 11.8 Å². The Morgan fingerprint density at radius 1 is 1.00 bits per heavy atom. The van der Waals surface area contributed by atoms with Crippen molar-refractivity contribution in [2.45, 2.75) is 19.9 Å². The Balaban J connectivity index is 1.60. The van der Waals surface area contributed by atoms with Crippen molar-refractivity contribution < 1.29 is 18.7 Å². The standard InChI is InChI=1S/C22H22N2O4/c1-2-16-8-3-6-12-20(16)28-15-21(25)24-19-11-5-4-10-18(19)22(26)23-14-17-9-7-13-27-17/h3-13H,2,14-15H2,1H3,(H,23,26)(H,24,25). The van der Waals surface area contributed by atoms with E-state index in [1.165, 1.54) is 0 Å². The number of carbonyl (C=O) groups excluding carboxylic acids is 2. The fraction of sp³-hybridized carbons (Fsp3) is 0.182. The van der Waals surface area contributed by atoms with Crippen molar-refractivity contribution in [1.29, 1.82) is 0 Å².